The Labute approximate surface area is 109 Å². The molecule has 4 nitrogen and oxygen atoms in total. The molecule has 1 atom stereocenters. The number of imidazole rings is 1. The molecule has 2 heterocycles. The van der Waals surface area contributed by atoms with Gasteiger partial charge in [0.25, 0.3) is 0 Å². The van der Waals surface area contributed by atoms with Crippen molar-refractivity contribution >= 4 is 0 Å². The maximum absolute atomic E-state index is 5.54. The maximum atomic E-state index is 5.54. The lowest BCUT2D eigenvalue weighted by Gasteiger charge is -2.24. The molecule has 1 N–H and O–H groups in total. The number of nitrogens with one attached hydrogen (secondary N) is 1. The summed E-state index contributed by atoms with van der Waals surface area (Å²) in [6, 6.07) is 0.461. The van der Waals surface area contributed by atoms with Gasteiger partial charge in [0, 0.05) is 18.8 Å². The van der Waals surface area contributed by atoms with Crippen LogP contribution in [0.5, 0.6) is 0 Å². The molecule has 0 radical (unpaired) electrons. The summed E-state index contributed by atoms with van der Waals surface area (Å²) in [6.07, 6.45) is 7.66. The summed E-state index contributed by atoms with van der Waals surface area (Å²) in [5.41, 5.74) is 2.35. The van der Waals surface area contributed by atoms with Crippen LogP contribution in [-0.4, -0.2) is 29.3 Å². The highest BCUT2D eigenvalue weighted by Gasteiger charge is 2.17. The first kappa shape index (κ1) is 13.3. The molecule has 1 aromatic rings. The number of hydrogen-bond donors (Lipinski definition) is 1. The van der Waals surface area contributed by atoms with E-state index in [2.05, 4.69) is 21.4 Å². The van der Waals surface area contributed by atoms with Gasteiger partial charge in [-0.05, 0) is 26.3 Å². The fraction of sp³-hybridized carbons (Fsp3) is 0.643. The highest BCUT2D eigenvalue weighted by molar-refractivity contribution is 5.06. The molecule has 0 saturated carbocycles. The van der Waals surface area contributed by atoms with Gasteiger partial charge in [-0.2, -0.15) is 0 Å². The van der Waals surface area contributed by atoms with Crippen LogP contribution in [0.15, 0.2) is 24.7 Å². The van der Waals surface area contributed by atoms with Crippen molar-refractivity contribution in [3.8, 4) is 0 Å². The van der Waals surface area contributed by atoms with E-state index >= 15 is 0 Å². The largest absolute Gasteiger partial charge is 0.375 e. The predicted octanol–water partition coefficient (Wildman–Crippen LogP) is 2.29. The highest BCUT2D eigenvalue weighted by Crippen LogP contribution is 2.22. The molecule has 18 heavy (non-hydrogen) atoms. The van der Waals surface area contributed by atoms with Gasteiger partial charge >= 0.3 is 0 Å². The minimum Gasteiger partial charge on any atom is -0.375 e. The van der Waals surface area contributed by atoms with E-state index in [1.54, 1.807) is 0 Å². The van der Waals surface area contributed by atoms with E-state index in [1.807, 2.05) is 19.4 Å². The lowest BCUT2D eigenvalue weighted by atomic mass is 10.0. The van der Waals surface area contributed by atoms with E-state index in [1.165, 1.54) is 25.0 Å². The van der Waals surface area contributed by atoms with Gasteiger partial charge in [-0.25, -0.2) is 4.98 Å². The van der Waals surface area contributed by atoms with Gasteiger partial charge in [-0.15, -0.1) is 0 Å². The van der Waals surface area contributed by atoms with Crippen molar-refractivity contribution in [1.82, 2.24) is 14.9 Å². The summed E-state index contributed by atoms with van der Waals surface area (Å²) in [5.74, 6) is 0. The number of nitrogens with zero attached hydrogens (tertiary/aromatic N) is 2. The summed E-state index contributed by atoms with van der Waals surface area (Å²) >= 11 is 0. The second-order valence-corrected chi connectivity index (χ2v) is 5.02. The zero-order valence-electron chi connectivity index (χ0n) is 11.2. The van der Waals surface area contributed by atoms with Gasteiger partial charge in [0.1, 0.15) is 0 Å². The molecule has 1 saturated heterocycles. The first-order valence-electron chi connectivity index (χ1n) is 6.73. The summed E-state index contributed by atoms with van der Waals surface area (Å²) in [5, 5.41) is 3.55. The minimum atomic E-state index is 0.461. The third-order valence-corrected chi connectivity index (χ3v) is 3.24. The van der Waals surface area contributed by atoms with Crippen LogP contribution in [0.3, 0.4) is 0 Å². The van der Waals surface area contributed by atoms with Gasteiger partial charge in [-0.3, -0.25) is 0 Å². The molecule has 0 bridgehead atoms. The Morgan fingerprint density at radius 2 is 2.50 bits per heavy atom. The Hall–Kier alpha value is -1.13. The fourth-order valence-electron chi connectivity index (χ4n) is 2.32. The molecule has 1 fully saturated rings. The van der Waals surface area contributed by atoms with Crippen LogP contribution in [-0.2, 0) is 11.3 Å². The fourth-order valence-corrected chi connectivity index (χ4v) is 2.32. The Balaban J connectivity index is 1.85. The standard InChI is InChI=1S/C14H23N3O/c1-12(2)10-18-8-7-17-11-15-9-14(17)13-5-3-4-6-16-13/h9,11,13,16H,1,3-8,10H2,2H3. The van der Waals surface area contributed by atoms with Crippen LogP contribution < -0.4 is 5.32 Å². The first-order chi connectivity index (χ1) is 8.77. The summed E-state index contributed by atoms with van der Waals surface area (Å²) < 4.78 is 7.74. The quantitative estimate of drug-likeness (QED) is 0.621. The van der Waals surface area contributed by atoms with Crippen LogP contribution in [0.1, 0.15) is 37.9 Å². The molecule has 1 aliphatic rings. The summed E-state index contributed by atoms with van der Waals surface area (Å²) in [6.45, 7) is 9.14. The lowest BCUT2D eigenvalue weighted by molar-refractivity contribution is 0.146. The third-order valence-electron chi connectivity index (χ3n) is 3.24. The number of piperidine rings is 1. The monoisotopic (exact) mass is 249 g/mol. The zero-order valence-corrected chi connectivity index (χ0v) is 11.2. The number of rotatable bonds is 6. The maximum Gasteiger partial charge on any atom is 0.0949 e. The predicted molar refractivity (Wildman–Crippen MR) is 72.5 cm³/mol. The zero-order chi connectivity index (χ0) is 12.8. The number of hydrogen-bond acceptors (Lipinski definition) is 3. The molecule has 2 rings (SSSR count). The van der Waals surface area contributed by atoms with Crippen molar-refractivity contribution in [1.29, 1.82) is 0 Å². The first-order valence-corrected chi connectivity index (χ1v) is 6.73. The number of aromatic nitrogens is 2. The lowest BCUT2D eigenvalue weighted by Crippen LogP contribution is -2.28. The second kappa shape index (κ2) is 6.71. The molecule has 0 amide bonds. The third kappa shape index (κ3) is 3.68. The van der Waals surface area contributed by atoms with Gasteiger partial charge in [0.05, 0.1) is 25.2 Å². The molecule has 4 heteroatoms. The van der Waals surface area contributed by atoms with Gasteiger partial charge in [-0.1, -0.05) is 18.6 Å². The smallest absolute Gasteiger partial charge is 0.0949 e. The average Bonchev–Trinajstić information content (AvgIpc) is 2.84. The molecule has 1 aromatic heterocycles. The van der Waals surface area contributed by atoms with Gasteiger partial charge in [0.15, 0.2) is 0 Å². The second-order valence-electron chi connectivity index (χ2n) is 5.02. The molecule has 1 unspecified atom stereocenters. The Bertz CT molecular complexity index is 380. The molecule has 1 aliphatic heterocycles. The molecular weight excluding hydrogens is 226 g/mol. The average molecular weight is 249 g/mol. The van der Waals surface area contributed by atoms with Crippen molar-refractivity contribution in [3.63, 3.8) is 0 Å². The van der Waals surface area contributed by atoms with Crippen LogP contribution in [0.4, 0.5) is 0 Å². The van der Waals surface area contributed by atoms with Crippen molar-refractivity contribution in [2.24, 2.45) is 0 Å². The topological polar surface area (TPSA) is 39.1 Å². The van der Waals surface area contributed by atoms with E-state index < -0.39 is 0 Å². The summed E-state index contributed by atoms with van der Waals surface area (Å²) in [4.78, 5) is 4.26. The van der Waals surface area contributed by atoms with Gasteiger partial charge < -0.3 is 14.6 Å². The van der Waals surface area contributed by atoms with E-state index in [-0.39, 0.29) is 0 Å². The molecule has 0 aliphatic carbocycles. The van der Waals surface area contributed by atoms with Crippen molar-refractivity contribution in [2.45, 2.75) is 38.8 Å². The van der Waals surface area contributed by atoms with Crippen molar-refractivity contribution in [2.75, 3.05) is 19.8 Å². The van der Waals surface area contributed by atoms with Gasteiger partial charge in [0.2, 0.25) is 0 Å². The van der Waals surface area contributed by atoms with E-state index in [9.17, 15) is 0 Å². The highest BCUT2D eigenvalue weighted by atomic mass is 16.5. The van der Waals surface area contributed by atoms with Crippen molar-refractivity contribution in [3.05, 3.63) is 30.4 Å². The molecule has 0 aromatic carbocycles. The van der Waals surface area contributed by atoms with Crippen LogP contribution in [0.25, 0.3) is 0 Å². The Morgan fingerprint density at radius 3 is 3.22 bits per heavy atom. The Kier molecular flexibility index (Phi) is 4.96. The minimum absolute atomic E-state index is 0.461. The molecule has 100 valence electrons. The summed E-state index contributed by atoms with van der Waals surface area (Å²) in [7, 11) is 0. The molecular formula is C14H23N3O. The SMILES string of the molecule is C=C(C)COCCn1cncc1C1CCCCN1. The van der Waals surface area contributed by atoms with Crippen LogP contribution >= 0.6 is 0 Å². The Morgan fingerprint density at radius 1 is 1.61 bits per heavy atom. The van der Waals surface area contributed by atoms with E-state index in [0.29, 0.717) is 19.3 Å². The molecule has 0 spiro atoms. The number of ether oxygens (including phenoxy) is 1. The normalized spacial score (nSPS) is 19.9. The van der Waals surface area contributed by atoms with Crippen LogP contribution in [0.2, 0.25) is 0 Å². The van der Waals surface area contributed by atoms with E-state index in [0.717, 1.165) is 18.7 Å². The van der Waals surface area contributed by atoms with Crippen molar-refractivity contribution < 1.29 is 4.74 Å². The van der Waals surface area contributed by atoms with E-state index in [4.69, 9.17) is 4.74 Å². The van der Waals surface area contributed by atoms with Crippen LogP contribution in [0, 0.1) is 0 Å².